The molecule has 0 amide bonds. The van der Waals surface area contributed by atoms with Crippen LogP contribution in [-0.4, -0.2) is 12.1 Å². The van der Waals surface area contributed by atoms with E-state index in [9.17, 15) is 8.78 Å². The number of hydrogen-bond donors (Lipinski definition) is 0. The van der Waals surface area contributed by atoms with Gasteiger partial charge in [0.05, 0.1) is 18.9 Å². The summed E-state index contributed by atoms with van der Waals surface area (Å²) in [6, 6.07) is 0. The van der Waals surface area contributed by atoms with Crippen LogP contribution < -0.4 is 4.74 Å². The summed E-state index contributed by atoms with van der Waals surface area (Å²) in [6.45, 7) is 0. The first-order valence-corrected chi connectivity index (χ1v) is 5.87. The van der Waals surface area contributed by atoms with Crippen molar-refractivity contribution in [3.63, 3.8) is 0 Å². The Bertz CT molecular complexity index is 335. The van der Waals surface area contributed by atoms with Crippen molar-refractivity contribution in [2.24, 2.45) is 0 Å². The summed E-state index contributed by atoms with van der Waals surface area (Å²) in [5.41, 5.74) is 0.406. The van der Waals surface area contributed by atoms with Crippen LogP contribution in [0.4, 0.5) is 8.78 Å². The van der Waals surface area contributed by atoms with E-state index in [1.165, 1.54) is 13.3 Å². The number of halogens is 4. The Morgan fingerprint density at radius 3 is 2.71 bits per heavy atom. The zero-order chi connectivity index (χ0) is 10.7. The van der Waals surface area contributed by atoms with E-state index in [1.54, 1.807) is 22.6 Å². The molecule has 0 atom stereocenters. The van der Waals surface area contributed by atoms with Gasteiger partial charge in [0.2, 0.25) is 0 Å². The number of methoxy groups -OCH3 is 1. The van der Waals surface area contributed by atoms with Crippen LogP contribution >= 0.6 is 38.5 Å². The van der Waals surface area contributed by atoms with E-state index < -0.39 is 6.43 Å². The standard InChI is InChI=1S/C8H7BrF2INO/c1-14-5-3-13-8(12)6(7(10)11)4(5)2-9/h3,7H,2H2,1H3. The number of nitrogens with zero attached hydrogens (tertiary/aromatic N) is 1. The maximum absolute atomic E-state index is 12.7. The van der Waals surface area contributed by atoms with Crippen LogP contribution in [0.25, 0.3) is 0 Å². The summed E-state index contributed by atoms with van der Waals surface area (Å²) in [4.78, 5) is 3.84. The Morgan fingerprint density at radius 2 is 2.29 bits per heavy atom. The molecule has 0 N–H and O–H groups in total. The average Bonchev–Trinajstić information content (AvgIpc) is 2.16. The third-order valence-electron chi connectivity index (χ3n) is 1.71. The van der Waals surface area contributed by atoms with Crippen LogP contribution in [0, 0.1) is 3.70 Å². The Balaban J connectivity index is 3.35. The Morgan fingerprint density at radius 1 is 1.64 bits per heavy atom. The monoisotopic (exact) mass is 377 g/mol. The summed E-state index contributed by atoms with van der Waals surface area (Å²) in [5, 5.41) is 0.328. The molecule has 0 bridgehead atoms. The maximum atomic E-state index is 12.7. The van der Waals surface area contributed by atoms with Crippen molar-refractivity contribution in [1.82, 2.24) is 4.98 Å². The van der Waals surface area contributed by atoms with Crippen LogP contribution in [0.3, 0.4) is 0 Å². The molecule has 0 aliphatic rings. The lowest BCUT2D eigenvalue weighted by Crippen LogP contribution is -2.02. The molecule has 2 nitrogen and oxygen atoms in total. The van der Waals surface area contributed by atoms with E-state index >= 15 is 0 Å². The van der Waals surface area contributed by atoms with Crippen LogP contribution in [0.5, 0.6) is 5.75 Å². The van der Waals surface area contributed by atoms with Crippen molar-refractivity contribution in [3.05, 3.63) is 21.0 Å². The quantitative estimate of drug-likeness (QED) is 0.456. The minimum Gasteiger partial charge on any atom is -0.495 e. The Kier molecular flexibility index (Phi) is 4.49. The molecule has 1 rings (SSSR count). The third-order valence-corrected chi connectivity index (χ3v) is 3.13. The molecule has 1 aromatic rings. The molecule has 0 spiro atoms. The molecule has 0 aliphatic heterocycles. The number of aromatic nitrogens is 1. The largest absolute Gasteiger partial charge is 0.495 e. The predicted octanol–water partition coefficient (Wildman–Crippen LogP) is 3.53. The van der Waals surface area contributed by atoms with Crippen molar-refractivity contribution in [1.29, 1.82) is 0 Å². The molecule has 0 aromatic carbocycles. The summed E-state index contributed by atoms with van der Waals surface area (Å²) in [5.74, 6) is 0.387. The van der Waals surface area contributed by atoms with Crippen molar-refractivity contribution >= 4 is 38.5 Å². The fraction of sp³-hybridized carbons (Fsp3) is 0.375. The summed E-state index contributed by atoms with van der Waals surface area (Å²) in [7, 11) is 1.44. The molecule has 0 saturated heterocycles. The lowest BCUT2D eigenvalue weighted by Gasteiger charge is -2.12. The van der Waals surface area contributed by atoms with E-state index in [1.807, 2.05) is 0 Å². The highest BCUT2D eigenvalue weighted by molar-refractivity contribution is 14.1. The SMILES string of the molecule is COc1cnc(I)c(C(F)F)c1CBr. The molecule has 1 aromatic heterocycles. The highest BCUT2D eigenvalue weighted by Crippen LogP contribution is 2.33. The minimum absolute atomic E-state index is 0.0539. The van der Waals surface area contributed by atoms with Gasteiger partial charge in [0.1, 0.15) is 9.45 Å². The summed E-state index contributed by atoms with van der Waals surface area (Å²) >= 11 is 4.95. The van der Waals surface area contributed by atoms with E-state index in [0.29, 0.717) is 20.3 Å². The lowest BCUT2D eigenvalue weighted by atomic mass is 10.1. The summed E-state index contributed by atoms with van der Waals surface area (Å²) in [6.07, 6.45) is -1.08. The zero-order valence-electron chi connectivity index (χ0n) is 7.23. The number of rotatable bonds is 3. The second-order valence-electron chi connectivity index (χ2n) is 2.44. The smallest absolute Gasteiger partial charge is 0.266 e. The highest BCUT2D eigenvalue weighted by Gasteiger charge is 2.20. The van der Waals surface area contributed by atoms with Gasteiger partial charge in [-0.15, -0.1) is 0 Å². The first-order chi connectivity index (χ1) is 6.61. The topological polar surface area (TPSA) is 22.1 Å². The van der Waals surface area contributed by atoms with Gasteiger partial charge >= 0.3 is 0 Å². The zero-order valence-corrected chi connectivity index (χ0v) is 11.0. The summed E-state index contributed by atoms with van der Waals surface area (Å²) < 4.78 is 30.6. The first kappa shape index (κ1) is 12.1. The first-order valence-electron chi connectivity index (χ1n) is 3.67. The van der Waals surface area contributed by atoms with Crippen LogP contribution in [0.15, 0.2) is 6.20 Å². The predicted molar refractivity (Wildman–Crippen MR) is 61.1 cm³/mol. The van der Waals surface area contributed by atoms with Crippen LogP contribution in [-0.2, 0) is 5.33 Å². The Hall–Kier alpha value is 0.0200. The van der Waals surface area contributed by atoms with Crippen molar-refractivity contribution < 1.29 is 13.5 Å². The molecular formula is C8H7BrF2INO. The van der Waals surface area contributed by atoms with Gasteiger partial charge in [-0.2, -0.15) is 0 Å². The van der Waals surface area contributed by atoms with Gasteiger partial charge in [0.15, 0.2) is 0 Å². The molecule has 1 heterocycles. The molecule has 78 valence electrons. The number of hydrogen-bond acceptors (Lipinski definition) is 2. The van der Waals surface area contributed by atoms with Gasteiger partial charge in [-0.25, -0.2) is 13.8 Å². The number of pyridine rings is 1. The normalized spacial score (nSPS) is 10.7. The maximum Gasteiger partial charge on any atom is 0.266 e. The minimum atomic E-state index is -2.53. The van der Waals surface area contributed by atoms with Gasteiger partial charge in [-0.1, -0.05) is 15.9 Å². The van der Waals surface area contributed by atoms with Crippen LogP contribution in [0.2, 0.25) is 0 Å². The molecule has 14 heavy (non-hydrogen) atoms. The average molecular weight is 378 g/mol. The second kappa shape index (κ2) is 5.20. The third kappa shape index (κ3) is 2.33. The van der Waals surface area contributed by atoms with Crippen LogP contribution in [0.1, 0.15) is 17.6 Å². The highest BCUT2D eigenvalue weighted by atomic mass is 127. The van der Waals surface area contributed by atoms with E-state index in [0.717, 1.165) is 0 Å². The molecule has 0 unspecified atom stereocenters. The number of alkyl halides is 3. The molecule has 0 fully saturated rings. The Labute approximate surface area is 102 Å². The molecule has 0 aliphatic carbocycles. The molecule has 0 saturated carbocycles. The van der Waals surface area contributed by atoms with Gasteiger partial charge in [-0.3, -0.25) is 0 Å². The molecular weight excluding hydrogens is 371 g/mol. The van der Waals surface area contributed by atoms with E-state index in [-0.39, 0.29) is 5.56 Å². The van der Waals surface area contributed by atoms with E-state index in [2.05, 4.69) is 20.9 Å². The van der Waals surface area contributed by atoms with Gasteiger partial charge in [0, 0.05) is 10.9 Å². The fourth-order valence-corrected chi connectivity index (χ4v) is 2.33. The molecule has 0 radical (unpaired) electrons. The second-order valence-corrected chi connectivity index (χ2v) is 4.03. The lowest BCUT2D eigenvalue weighted by molar-refractivity contribution is 0.148. The van der Waals surface area contributed by atoms with Crippen molar-refractivity contribution in [2.45, 2.75) is 11.8 Å². The van der Waals surface area contributed by atoms with Gasteiger partial charge < -0.3 is 4.74 Å². The van der Waals surface area contributed by atoms with Gasteiger partial charge in [0.25, 0.3) is 6.43 Å². The van der Waals surface area contributed by atoms with Crippen molar-refractivity contribution in [2.75, 3.05) is 7.11 Å². The number of ether oxygens (including phenoxy) is 1. The fourth-order valence-electron chi connectivity index (χ4n) is 1.06. The van der Waals surface area contributed by atoms with Crippen molar-refractivity contribution in [3.8, 4) is 5.75 Å². The van der Waals surface area contributed by atoms with Gasteiger partial charge in [-0.05, 0) is 22.6 Å². The molecule has 6 heteroatoms. The van der Waals surface area contributed by atoms with E-state index in [4.69, 9.17) is 4.74 Å².